The summed E-state index contributed by atoms with van der Waals surface area (Å²) < 4.78 is 33.6. The molecule has 0 radical (unpaired) electrons. The van der Waals surface area contributed by atoms with Crippen molar-refractivity contribution < 1.29 is 13.3 Å². The standard InChI is InChI=1S/C12H15ClFNO2S/c1-12(2,3)18(16)15-7-8-10(17-4)6-5-9(14)11(8)13/h5-7H,1-4H3/t18-/m0/s1. The Hall–Kier alpha value is -0.940. The van der Waals surface area contributed by atoms with Crippen molar-refractivity contribution in [1.29, 1.82) is 0 Å². The summed E-state index contributed by atoms with van der Waals surface area (Å²) in [6.07, 6.45) is 1.28. The molecule has 0 aliphatic rings. The first-order valence-electron chi connectivity index (χ1n) is 5.25. The van der Waals surface area contributed by atoms with Crippen molar-refractivity contribution in [3.05, 3.63) is 28.5 Å². The van der Waals surface area contributed by atoms with Gasteiger partial charge >= 0.3 is 0 Å². The van der Waals surface area contributed by atoms with Crippen LogP contribution in [-0.4, -0.2) is 22.3 Å². The first-order chi connectivity index (χ1) is 8.27. The molecule has 0 fully saturated rings. The van der Waals surface area contributed by atoms with Crippen molar-refractivity contribution in [2.45, 2.75) is 25.5 Å². The molecule has 0 saturated heterocycles. The second kappa shape index (κ2) is 5.80. The van der Waals surface area contributed by atoms with Crippen LogP contribution in [0.1, 0.15) is 26.3 Å². The molecule has 0 unspecified atom stereocenters. The van der Waals surface area contributed by atoms with Gasteiger partial charge in [-0.2, -0.15) is 4.40 Å². The maximum Gasteiger partial charge on any atom is 0.144 e. The van der Waals surface area contributed by atoms with Crippen LogP contribution in [0.25, 0.3) is 0 Å². The molecule has 18 heavy (non-hydrogen) atoms. The van der Waals surface area contributed by atoms with E-state index in [0.717, 1.165) is 0 Å². The molecule has 1 rings (SSSR count). The van der Waals surface area contributed by atoms with Gasteiger partial charge in [0.2, 0.25) is 0 Å². The summed E-state index contributed by atoms with van der Waals surface area (Å²) in [5, 5.41) is -0.0935. The molecule has 0 saturated carbocycles. The van der Waals surface area contributed by atoms with E-state index in [1.165, 1.54) is 25.5 Å². The van der Waals surface area contributed by atoms with Gasteiger partial charge in [-0.25, -0.2) is 8.60 Å². The van der Waals surface area contributed by atoms with E-state index in [1.54, 1.807) is 20.8 Å². The molecule has 3 nitrogen and oxygen atoms in total. The quantitative estimate of drug-likeness (QED) is 0.801. The van der Waals surface area contributed by atoms with Crippen LogP contribution in [0.2, 0.25) is 5.02 Å². The van der Waals surface area contributed by atoms with E-state index in [4.69, 9.17) is 16.3 Å². The maximum absolute atomic E-state index is 13.3. The number of benzene rings is 1. The monoisotopic (exact) mass is 291 g/mol. The maximum atomic E-state index is 13.3. The highest BCUT2D eigenvalue weighted by Gasteiger charge is 2.19. The Labute approximate surface area is 114 Å². The molecule has 1 atom stereocenters. The van der Waals surface area contributed by atoms with Gasteiger partial charge in [0.25, 0.3) is 0 Å². The molecule has 6 heteroatoms. The Kier molecular flexibility index (Phi) is 4.87. The number of nitrogens with zero attached hydrogens (tertiary/aromatic N) is 1. The Morgan fingerprint density at radius 2 is 2.06 bits per heavy atom. The van der Waals surface area contributed by atoms with Crippen LogP contribution in [0, 0.1) is 5.82 Å². The van der Waals surface area contributed by atoms with E-state index in [-0.39, 0.29) is 10.6 Å². The Bertz CT molecular complexity index is 498. The second-order valence-electron chi connectivity index (χ2n) is 4.57. The van der Waals surface area contributed by atoms with E-state index >= 15 is 0 Å². The summed E-state index contributed by atoms with van der Waals surface area (Å²) in [5.41, 5.74) is 0.289. The van der Waals surface area contributed by atoms with Gasteiger partial charge in [0.15, 0.2) is 0 Å². The predicted molar refractivity (Wildman–Crippen MR) is 73.5 cm³/mol. The van der Waals surface area contributed by atoms with Crippen LogP contribution < -0.4 is 4.74 Å². The summed E-state index contributed by atoms with van der Waals surface area (Å²) in [7, 11) is 0.0159. The topological polar surface area (TPSA) is 38.7 Å². The van der Waals surface area contributed by atoms with E-state index in [0.29, 0.717) is 5.75 Å². The summed E-state index contributed by atoms with van der Waals surface area (Å²) in [6, 6.07) is 2.65. The Morgan fingerprint density at radius 1 is 1.44 bits per heavy atom. The zero-order valence-electron chi connectivity index (χ0n) is 10.7. The van der Waals surface area contributed by atoms with Crippen molar-refractivity contribution in [2.75, 3.05) is 7.11 Å². The van der Waals surface area contributed by atoms with E-state index in [9.17, 15) is 8.60 Å². The number of rotatable bonds is 3. The Morgan fingerprint density at radius 3 is 2.56 bits per heavy atom. The Balaban J connectivity index is 3.15. The highest BCUT2D eigenvalue weighted by Crippen LogP contribution is 2.27. The first kappa shape index (κ1) is 15.1. The highest BCUT2D eigenvalue weighted by atomic mass is 35.5. The largest absolute Gasteiger partial charge is 0.496 e. The van der Waals surface area contributed by atoms with Gasteiger partial charge in [-0.05, 0) is 32.9 Å². The van der Waals surface area contributed by atoms with Crippen molar-refractivity contribution in [3.8, 4) is 5.75 Å². The van der Waals surface area contributed by atoms with Crippen molar-refractivity contribution in [2.24, 2.45) is 4.40 Å². The molecule has 0 N–H and O–H groups in total. The lowest BCUT2D eigenvalue weighted by Gasteiger charge is -2.13. The van der Waals surface area contributed by atoms with Crippen LogP contribution in [0.5, 0.6) is 5.75 Å². The number of methoxy groups -OCH3 is 1. The van der Waals surface area contributed by atoms with Crippen LogP contribution in [0.4, 0.5) is 4.39 Å². The molecule has 0 bridgehead atoms. The fourth-order valence-electron chi connectivity index (χ4n) is 1.11. The third-order valence-electron chi connectivity index (χ3n) is 2.11. The van der Waals surface area contributed by atoms with Crippen LogP contribution in [-0.2, 0) is 11.0 Å². The van der Waals surface area contributed by atoms with Gasteiger partial charge in [-0.3, -0.25) is 0 Å². The molecule has 0 aliphatic heterocycles. The van der Waals surface area contributed by atoms with Gasteiger partial charge < -0.3 is 4.74 Å². The van der Waals surface area contributed by atoms with Gasteiger partial charge in [0, 0.05) is 0 Å². The molecule has 0 aliphatic carbocycles. The minimum atomic E-state index is -1.43. The molecule has 1 aromatic rings. The van der Waals surface area contributed by atoms with Crippen molar-refractivity contribution >= 4 is 28.8 Å². The third kappa shape index (κ3) is 3.53. The zero-order chi connectivity index (χ0) is 13.9. The molecular formula is C12H15ClFNO2S. The number of ether oxygens (including phenoxy) is 1. The number of hydrogen-bond acceptors (Lipinski definition) is 2. The average molecular weight is 292 g/mol. The highest BCUT2D eigenvalue weighted by molar-refractivity contribution is 7.85. The second-order valence-corrected chi connectivity index (χ2v) is 6.89. The van der Waals surface area contributed by atoms with Crippen LogP contribution in [0.3, 0.4) is 0 Å². The number of hydrogen-bond donors (Lipinski definition) is 0. The van der Waals surface area contributed by atoms with Gasteiger partial charge in [-0.1, -0.05) is 11.6 Å². The lowest BCUT2D eigenvalue weighted by atomic mass is 10.2. The fraction of sp³-hybridized carbons (Fsp3) is 0.417. The van der Waals surface area contributed by atoms with E-state index < -0.39 is 21.5 Å². The van der Waals surface area contributed by atoms with Gasteiger partial charge in [-0.15, -0.1) is 0 Å². The molecule has 0 heterocycles. The van der Waals surface area contributed by atoms with Crippen molar-refractivity contribution in [1.82, 2.24) is 0 Å². The zero-order valence-corrected chi connectivity index (χ0v) is 12.2. The first-order valence-corrected chi connectivity index (χ1v) is 6.74. The predicted octanol–water partition coefficient (Wildman–Crippen LogP) is 3.37. The third-order valence-corrected chi connectivity index (χ3v) is 3.84. The van der Waals surface area contributed by atoms with Gasteiger partial charge in [0.1, 0.15) is 22.6 Å². The van der Waals surface area contributed by atoms with E-state index in [2.05, 4.69) is 4.40 Å². The normalized spacial score (nSPS) is 13.9. The van der Waals surface area contributed by atoms with E-state index in [1.807, 2.05) is 0 Å². The summed E-state index contributed by atoms with van der Waals surface area (Å²) in [5.74, 6) is -0.184. The fourth-order valence-corrected chi connectivity index (χ4v) is 1.83. The molecule has 0 spiro atoms. The smallest absolute Gasteiger partial charge is 0.144 e. The molecule has 0 aromatic heterocycles. The molecule has 100 valence electrons. The van der Waals surface area contributed by atoms with Crippen molar-refractivity contribution in [3.63, 3.8) is 0 Å². The summed E-state index contributed by atoms with van der Waals surface area (Å²) >= 11 is 5.83. The molecule has 1 aromatic carbocycles. The average Bonchev–Trinajstić information content (AvgIpc) is 2.29. The van der Waals surface area contributed by atoms with Crippen LogP contribution in [0.15, 0.2) is 16.5 Å². The summed E-state index contributed by atoms with van der Waals surface area (Å²) in [6.45, 7) is 5.39. The lowest BCUT2D eigenvalue weighted by molar-refractivity contribution is 0.413. The van der Waals surface area contributed by atoms with Crippen LogP contribution >= 0.6 is 11.6 Å². The minimum Gasteiger partial charge on any atom is -0.496 e. The molecular weight excluding hydrogens is 277 g/mol. The number of halogens is 2. The lowest BCUT2D eigenvalue weighted by Crippen LogP contribution is -2.19. The minimum absolute atomic E-state index is 0.0935. The summed E-state index contributed by atoms with van der Waals surface area (Å²) in [4.78, 5) is 0. The van der Waals surface area contributed by atoms with Gasteiger partial charge in [0.05, 0.1) is 28.7 Å². The molecule has 0 amide bonds. The SMILES string of the molecule is COc1ccc(F)c(Cl)c1C=N[S@@](=O)C(C)(C)C.